The zero-order valence-electron chi connectivity index (χ0n) is 11.2. The van der Waals surface area contributed by atoms with Crippen molar-refractivity contribution in [3.63, 3.8) is 0 Å². The number of rotatable bonds is 5. The number of nitrogens with one attached hydrogen (secondary N) is 2. The van der Waals surface area contributed by atoms with Gasteiger partial charge in [0.2, 0.25) is 5.91 Å². The fourth-order valence-electron chi connectivity index (χ4n) is 1.50. The molecule has 0 aliphatic carbocycles. The predicted molar refractivity (Wildman–Crippen MR) is 78.7 cm³/mol. The molecule has 0 aliphatic heterocycles. The molecule has 1 aromatic rings. The van der Waals surface area contributed by atoms with Crippen molar-refractivity contribution < 1.29 is 9.59 Å². The lowest BCUT2D eigenvalue weighted by Crippen LogP contribution is -2.23. The second-order valence-electron chi connectivity index (χ2n) is 3.98. The molecule has 0 spiro atoms. The summed E-state index contributed by atoms with van der Waals surface area (Å²) in [5.41, 5.74) is 7.41. The largest absolute Gasteiger partial charge is 0.352 e. The van der Waals surface area contributed by atoms with Crippen LogP contribution in [-0.2, 0) is 4.79 Å². The minimum atomic E-state index is -0.146. The van der Waals surface area contributed by atoms with Gasteiger partial charge in [0.15, 0.2) is 0 Å². The second-order valence-corrected chi connectivity index (χ2v) is 3.98. The summed E-state index contributed by atoms with van der Waals surface area (Å²) in [7, 11) is 0. The van der Waals surface area contributed by atoms with Gasteiger partial charge in [-0.25, -0.2) is 0 Å². The lowest BCUT2D eigenvalue weighted by Gasteiger charge is -2.10. The normalized spacial score (nSPS) is 9.42. The molecule has 0 saturated heterocycles. The van der Waals surface area contributed by atoms with E-state index < -0.39 is 0 Å². The minimum Gasteiger partial charge on any atom is -0.352 e. The maximum atomic E-state index is 11.7. The van der Waals surface area contributed by atoms with Crippen LogP contribution >= 0.6 is 12.4 Å². The van der Waals surface area contributed by atoms with E-state index in [0.29, 0.717) is 24.3 Å². The number of hydrogen-bond acceptors (Lipinski definition) is 3. The van der Waals surface area contributed by atoms with E-state index in [1.54, 1.807) is 12.1 Å². The van der Waals surface area contributed by atoms with Gasteiger partial charge in [-0.2, -0.15) is 0 Å². The van der Waals surface area contributed by atoms with Crippen molar-refractivity contribution >= 4 is 29.9 Å². The van der Waals surface area contributed by atoms with Crippen molar-refractivity contribution in [3.05, 3.63) is 29.3 Å². The molecule has 0 unspecified atom stereocenters. The number of benzene rings is 1. The monoisotopic (exact) mass is 285 g/mol. The second kappa shape index (κ2) is 8.50. The third-order valence-electron chi connectivity index (χ3n) is 2.48. The first-order chi connectivity index (χ1) is 8.58. The lowest BCUT2D eigenvalue weighted by molar-refractivity contribution is -0.116. The number of carbonyl (C=O) groups is 2. The van der Waals surface area contributed by atoms with E-state index in [4.69, 9.17) is 5.73 Å². The highest BCUT2D eigenvalue weighted by Crippen LogP contribution is 2.17. The highest BCUT2D eigenvalue weighted by Gasteiger charge is 2.09. The molecule has 4 N–H and O–H groups in total. The van der Waals surface area contributed by atoms with E-state index in [2.05, 4.69) is 10.6 Å². The summed E-state index contributed by atoms with van der Waals surface area (Å²) in [5.74, 6) is -0.291. The number of nitrogens with two attached hydrogens (primary N) is 1. The van der Waals surface area contributed by atoms with E-state index in [1.165, 1.54) is 0 Å². The van der Waals surface area contributed by atoms with Gasteiger partial charge in [-0.3, -0.25) is 9.59 Å². The molecule has 2 amide bonds. The van der Waals surface area contributed by atoms with Crippen molar-refractivity contribution in [2.24, 2.45) is 5.73 Å². The molecular weight excluding hydrogens is 266 g/mol. The summed E-state index contributed by atoms with van der Waals surface area (Å²) in [6, 6.07) is 5.22. The van der Waals surface area contributed by atoms with Gasteiger partial charge in [0, 0.05) is 30.8 Å². The summed E-state index contributed by atoms with van der Waals surface area (Å²) in [6.07, 6.45) is 0.269. The molecule has 0 bridgehead atoms. The Hall–Kier alpha value is -1.59. The summed E-state index contributed by atoms with van der Waals surface area (Å²) >= 11 is 0. The molecule has 0 radical (unpaired) electrons. The van der Waals surface area contributed by atoms with Crippen molar-refractivity contribution in [3.8, 4) is 0 Å². The number of amides is 2. The molecule has 5 nitrogen and oxygen atoms in total. The quantitative estimate of drug-likeness (QED) is 0.766. The van der Waals surface area contributed by atoms with Crippen LogP contribution in [0.4, 0.5) is 5.69 Å². The van der Waals surface area contributed by atoms with Gasteiger partial charge >= 0.3 is 0 Å². The Kier molecular flexibility index (Phi) is 7.79. The van der Waals surface area contributed by atoms with Crippen LogP contribution in [0, 0.1) is 6.92 Å². The fourth-order valence-corrected chi connectivity index (χ4v) is 1.50. The van der Waals surface area contributed by atoms with E-state index >= 15 is 0 Å². The molecule has 0 aliphatic rings. The SMILES string of the molecule is CCNC(=O)c1ccc(C)c(NC(=O)CCN)c1.Cl. The molecule has 1 aromatic carbocycles. The number of hydrogen-bond donors (Lipinski definition) is 3. The Morgan fingerprint density at radius 2 is 2.00 bits per heavy atom. The van der Waals surface area contributed by atoms with E-state index in [9.17, 15) is 9.59 Å². The molecule has 0 atom stereocenters. The first-order valence-corrected chi connectivity index (χ1v) is 5.97. The Balaban J connectivity index is 0.00000324. The van der Waals surface area contributed by atoms with Crippen LogP contribution in [0.2, 0.25) is 0 Å². The van der Waals surface area contributed by atoms with Crippen molar-refractivity contribution in [2.75, 3.05) is 18.4 Å². The Bertz CT molecular complexity index is 450. The van der Waals surface area contributed by atoms with Gasteiger partial charge in [0.05, 0.1) is 0 Å². The number of anilines is 1. The highest BCUT2D eigenvalue weighted by molar-refractivity contribution is 5.97. The van der Waals surface area contributed by atoms with Crippen LogP contribution in [0.1, 0.15) is 29.3 Å². The first kappa shape index (κ1) is 17.4. The smallest absolute Gasteiger partial charge is 0.251 e. The van der Waals surface area contributed by atoms with Crippen LogP contribution < -0.4 is 16.4 Å². The van der Waals surface area contributed by atoms with E-state index in [0.717, 1.165) is 5.56 Å². The van der Waals surface area contributed by atoms with Crippen molar-refractivity contribution in [1.82, 2.24) is 5.32 Å². The molecule has 0 fully saturated rings. The van der Waals surface area contributed by atoms with Crippen molar-refractivity contribution in [2.45, 2.75) is 20.3 Å². The maximum absolute atomic E-state index is 11.7. The predicted octanol–water partition coefficient (Wildman–Crippen LogP) is 1.45. The van der Waals surface area contributed by atoms with Crippen LogP contribution in [-0.4, -0.2) is 24.9 Å². The minimum absolute atomic E-state index is 0. The molecule has 0 heterocycles. The van der Waals surface area contributed by atoms with Gasteiger partial charge in [-0.1, -0.05) is 6.07 Å². The first-order valence-electron chi connectivity index (χ1n) is 5.97. The average Bonchev–Trinajstić information content (AvgIpc) is 2.32. The van der Waals surface area contributed by atoms with Gasteiger partial charge in [0.25, 0.3) is 5.91 Å². The highest BCUT2D eigenvalue weighted by atomic mass is 35.5. The number of aryl methyl sites for hydroxylation is 1. The molecular formula is C13H20ClN3O2. The van der Waals surface area contributed by atoms with Crippen LogP contribution in [0.25, 0.3) is 0 Å². The summed E-state index contributed by atoms with van der Waals surface area (Å²) in [5, 5.41) is 5.46. The topological polar surface area (TPSA) is 84.2 Å². The standard InChI is InChI=1S/C13H19N3O2.ClH/c1-3-15-13(18)10-5-4-9(2)11(8-10)16-12(17)6-7-14;/h4-5,8H,3,6-7,14H2,1-2H3,(H,15,18)(H,16,17);1H. The van der Waals surface area contributed by atoms with Crippen LogP contribution in [0.3, 0.4) is 0 Å². The molecule has 0 aromatic heterocycles. The summed E-state index contributed by atoms with van der Waals surface area (Å²) in [6.45, 7) is 4.61. The van der Waals surface area contributed by atoms with Gasteiger partial charge in [-0.15, -0.1) is 12.4 Å². The number of carbonyl (C=O) groups excluding carboxylic acids is 2. The number of halogens is 1. The van der Waals surface area contributed by atoms with Crippen LogP contribution in [0.15, 0.2) is 18.2 Å². The van der Waals surface area contributed by atoms with Crippen LogP contribution in [0.5, 0.6) is 0 Å². The molecule has 106 valence electrons. The lowest BCUT2D eigenvalue weighted by atomic mass is 10.1. The molecule has 1 rings (SSSR count). The maximum Gasteiger partial charge on any atom is 0.251 e. The summed E-state index contributed by atoms with van der Waals surface area (Å²) in [4.78, 5) is 23.2. The zero-order chi connectivity index (χ0) is 13.5. The van der Waals surface area contributed by atoms with E-state index in [-0.39, 0.29) is 30.6 Å². The third-order valence-corrected chi connectivity index (χ3v) is 2.48. The van der Waals surface area contributed by atoms with Crippen molar-refractivity contribution in [1.29, 1.82) is 0 Å². The van der Waals surface area contributed by atoms with E-state index in [1.807, 2.05) is 19.9 Å². The Labute approximate surface area is 119 Å². The Morgan fingerprint density at radius 3 is 2.58 bits per heavy atom. The third kappa shape index (κ3) is 5.28. The van der Waals surface area contributed by atoms with Gasteiger partial charge in [0.1, 0.15) is 0 Å². The fraction of sp³-hybridized carbons (Fsp3) is 0.385. The Morgan fingerprint density at radius 1 is 1.32 bits per heavy atom. The van der Waals surface area contributed by atoms with Gasteiger partial charge < -0.3 is 16.4 Å². The molecule has 19 heavy (non-hydrogen) atoms. The van der Waals surface area contributed by atoms with Gasteiger partial charge in [-0.05, 0) is 31.5 Å². The summed E-state index contributed by atoms with van der Waals surface area (Å²) < 4.78 is 0. The average molecular weight is 286 g/mol. The molecule has 0 saturated carbocycles. The molecule has 6 heteroatoms. The zero-order valence-corrected chi connectivity index (χ0v) is 12.0.